The minimum absolute atomic E-state index is 0. The Balaban J connectivity index is 0.00000112. The second-order valence-corrected chi connectivity index (χ2v) is 3.66. The summed E-state index contributed by atoms with van der Waals surface area (Å²) in [5.41, 5.74) is 1.04. The number of carboxylic acid groups (broad SMARTS) is 1. The predicted molar refractivity (Wildman–Crippen MR) is 46.2 cm³/mol. The van der Waals surface area contributed by atoms with Gasteiger partial charge in [-0.1, -0.05) is 5.21 Å². The van der Waals surface area contributed by atoms with Crippen LogP contribution < -0.4 is 34.7 Å². The van der Waals surface area contributed by atoms with E-state index in [2.05, 4.69) is 10.3 Å². The number of rotatable bonds is 5. The van der Waals surface area contributed by atoms with Gasteiger partial charge >= 0.3 is 29.6 Å². The molecule has 0 aliphatic heterocycles. The predicted octanol–water partition coefficient (Wildman–Crippen LogP) is -3.31. The molecule has 1 aliphatic rings. The number of hydrogen-bond donors (Lipinski definition) is 0. The minimum Gasteiger partial charge on any atom is -0.550 e. The van der Waals surface area contributed by atoms with Gasteiger partial charge in [-0.05, 0) is 25.7 Å². The van der Waals surface area contributed by atoms with Gasteiger partial charge in [0.2, 0.25) is 0 Å². The first-order valence-electron chi connectivity index (χ1n) is 4.85. The summed E-state index contributed by atoms with van der Waals surface area (Å²) in [6, 6.07) is 0. The van der Waals surface area contributed by atoms with E-state index >= 15 is 0 Å². The zero-order valence-electron chi connectivity index (χ0n) is 8.85. The molecule has 0 N–H and O–H groups in total. The van der Waals surface area contributed by atoms with Gasteiger partial charge in [-0.3, -0.25) is 4.68 Å². The molecule has 5 nitrogen and oxygen atoms in total. The Kier molecular flexibility index (Phi) is 4.76. The standard InChI is InChI=1S/C9H13N3O2.Na/c13-9(14)2-1-5-12-6-8(10-11-12)7-3-4-7;/h6-7H,1-5H2,(H,13,14);/q;+1/p-1. The molecule has 15 heavy (non-hydrogen) atoms. The maximum atomic E-state index is 10.2. The van der Waals surface area contributed by atoms with Crippen molar-refractivity contribution in [1.82, 2.24) is 15.0 Å². The zero-order chi connectivity index (χ0) is 9.97. The molecule has 1 saturated carbocycles. The van der Waals surface area contributed by atoms with Crippen LogP contribution in [0.4, 0.5) is 0 Å². The maximum Gasteiger partial charge on any atom is 1.00 e. The molecule has 6 heteroatoms. The molecule has 1 aromatic rings. The number of aryl methyl sites for hydroxylation is 1. The van der Waals surface area contributed by atoms with E-state index in [4.69, 9.17) is 0 Å². The number of carboxylic acids is 1. The Labute approximate surface area is 110 Å². The van der Waals surface area contributed by atoms with Crippen molar-refractivity contribution in [2.24, 2.45) is 0 Å². The molecular weight excluding hydrogens is 205 g/mol. The first-order valence-corrected chi connectivity index (χ1v) is 4.85. The third-order valence-corrected chi connectivity index (χ3v) is 2.32. The average Bonchev–Trinajstić information content (AvgIpc) is 2.87. The molecule has 1 aromatic heterocycles. The van der Waals surface area contributed by atoms with E-state index in [-0.39, 0.29) is 36.0 Å². The van der Waals surface area contributed by atoms with Crippen LogP contribution in [0.2, 0.25) is 0 Å². The van der Waals surface area contributed by atoms with Gasteiger partial charge in [-0.25, -0.2) is 0 Å². The summed E-state index contributed by atoms with van der Waals surface area (Å²) in [4.78, 5) is 10.2. The molecule has 0 bridgehead atoms. The summed E-state index contributed by atoms with van der Waals surface area (Å²) in [7, 11) is 0. The minimum atomic E-state index is -1.01. The summed E-state index contributed by atoms with van der Waals surface area (Å²) in [6.07, 6.45) is 4.96. The fraction of sp³-hybridized carbons (Fsp3) is 0.667. The molecule has 76 valence electrons. The molecule has 2 rings (SSSR count). The maximum absolute atomic E-state index is 10.2. The van der Waals surface area contributed by atoms with E-state index < -0.39 is 5.97 Å². The van der Waals surface area contributed by atoms with Gasteiger partial charge in [0.05, 0.1) is 5.69 Å². The molecular formula is C9H12N3NaO2. The number of hydrogen-bond acceptors (Lipinski definition) is 4. The van der Waals surface area contributed by atoms with Gasteiger partial charge in [-0.15, -0.1) is 5.10 Å². The largest absolute Gasteiger partial charge is 1.00 e. The van der Waals surface area contributed by atoms with Crippen molar-refractivity contribution in [3.8, 4) is 0 Å². The van der Waals surface area contributed by atoms with E-state index in [0.717, 1.165) is 5.69 Å². The van der Waals surface area contributed by atoms with Gasteiger partial charge in [0, 0.05) is 24.6 Å². The van der Waals surface area contributed by atoms with Crippen LogP contribution >= 0.6 is 0 Å². The third-order valence-electron chi connectivity index (χ3n) is 2.32. The normalized spacial score (nSPS) is 14.7. The van der Waals surface area contributed by atoms with Crippen LogP contribution in [-0.2, 0) is 11.3 Å². The molecule has 1 fully saturated rings. The summed E-state index contributed by atoms with van der Waals surface area (Å²) in [5, 5.41) is 18.1. The first kappa shape index (κ1) is 12.7. The smallest absolute Gasteiger partial charge is 0.550 e. The van der Waals surface area contributed by atoms with Crippen LogP contribution in [0.25, 0.3) is 0 Å². The van der Waals surface area contributed by atoms with Crippen molar-refractivity contribution in [3.05, 3.63) is 11.9 Å². The van der Waals surface area contributed by atoms with E-state index in [1.807, 2.05) is 6.20 Å². The van der Waals surface area contributed by atoms with Crippen molar-refractivity contribution in [3.63, 3.8) is 0 Å². The monoisotopic (exact) mass is 217 g/mol. The van der Waals surface area contributed by atoms with Crippen LogP contribution in [0.3, 0.4) is 0 Å². The van der Waals surface area contributed by atoms with Crippen molar-refractivity contribution >= 4 is 5.97 Å². The van der Waals surface area contributed by atoms with Gasteiger partial charge in [0.25, 0.3) is 0 Å². The molecule has 0 saturated heterocycles. The summed E-state index contributed by atoms with van der Waals surface area (Å²) in [5.74, 6) is -0.405. The van der Waals surface area contributed by atoms with E-state index in [9.17, 15) is 9.90 Å². The molecule has 0 aromatic carbocycles. The fourth-order valence-electron chi connectivity index (χ4n) is 1.37. The average molecular weight is 217 g/mol. The molecule has 1 heterocycles. The SMILES string of the molecule is O=C([O-])CCCn1cc(C2CC2)nn1.[Na+]. The Morgan fingerprint density at radius 1 is 1.60 bits per heavy atom. The molecule has 0 amide bonds. The van der Waals surface area contributed by atoms with Crippen molar-refractivity contribution in [2.45, 2.75) is 38.1 Å². The van der Waals surface area contributed by atoms with Crippen LogP contribution in [0, 0.1) is 0 Å². The Hall–Kier alpha value is -0.390. The van der Waals surface area contributed by atoms with Crippen molar-refractivity contribution < 1.29 is 39.5 Å². The van der Waals surface area contributed by atoms with Crippen molar-refractivity contribution in [1.29, 1.82) is 0 Å². The second-order valence-electron chi connectivity index (χ2n) is 3.66. The van der Waals surface area contributed by atoms with Gasteiger partial charge < -0.3 is 9.90 Å². The quantitative estimate of drug-likeness (QED) is 0.484. The Morgan fingerprint density at radius 2 is 2.33 bits per heavy atom. The molecule has 1 aliphatic carbocycles. The molecule has 0 atom stereocenters. The summed E-state index contributed by atoms with van der Waals surface area (Å²) >= 11 is 0. The third kappa shape index (κ3) is 3.93. The second kappa shape index (κ2) is 5.63. The van der Waals surface area contributed by atoms with E-state index in [0.29, 0.717) is 18.9 Å². The number of aromatic nitrogens is 3. The van der Waals surface area contributed by atoms with Crippen LogP contribution in [0.1, 0.15) is 37.3 Å². The fourth-order valence-corrected chi connectivity index (χ4v) is 1.37. The molecule has 0 unspecified atom stereocenters. The number of carbonyl (C=O) groups excluding carboxylic acids is 1. The van der Waals surface area contributed by atoms with Gasteiger partial charge in [0.15, 0.2) is 0 Å². The molecule has 0 radical (unpaired) electrons. The topological polar surface area (TPSA) is 70.8 Å². The van der Waals surface area contributed by atoms with E-state index in [1.54, 1.807) is 4.68 Å². The Morgan fingerprint density at radius 3 is 2.93 bits per heavy atom. The number of nitrogens with zero attached hydrogens (tertiary/aromatic N) is 3. The van der Waals surface area contributed by atoms with Gasteiger partial charge in [0.1, 0.15) is 0 Å². The van der Waals surface area contributed by atoms with Crippen LogP contribution in [-0.4, -0.2) is 21.0 Å². The summed E-state index contributed by atoms with van der Waals surface area (Å²) < 4.78 is 1.70. The Bertz CT molecular complexity index is 336. The zero-order valence-corrected chi connectivity index (χ0v) is 10.8. The number of carbonyl (C=O) groups is 1. The van der Waals surface area contributed by atoms with E-state index in [1.165, 1.54) is 12.8 Å². The van der Waals surface area contributed by atoms with Crippen LogP contribution in [0.15, 0.2) is 6.20 Å². The summed E-state index contributed by atoms with van der Waals surface area (Å²) in [6.45, 7) is 0.605. The van der Waals surface area contributed by atoms with Gasteiger partial charge in [-0.2, -0.15) is 0 Å². The first-order chi connectivity index (χ1) is 6.75. The molecule has 0 spiro atoms. The number of aliphatic carboxylic acids is 1. The van der Waals surface area contributed by atoms with Crippen LogP contribution in [0.5, 0.6) is 0 Å². The van der Waals surface area contributed by atoms with Crippen molar-refractivity contribution in [2.75, 3.05) is 0 Å².